The van der Waals surface area contributed by atoms with Gasteiger partial charge in [-0.05, 0) is 83.7 Å². The molecule has 0 fully saturated rings. The van der Waals surface area contributed by atoms with Crippen molar-refractivity contribution in [3.63, 3.8) is 0 Å². The van der Waals surface area contributed by atoms with Crippen molar-refractivity contribution in [1.29, 1.82) is 0 Å². The van der Waals surface area contributed by atoms with E-state index in [1.54, 1.807) is 6.07 Å². The van der Waals surface area contributed by atoms with Gasteiger partial charge >= 0.3 is 8.25 Å². The third-order valence-corrected chi connectivity index (χ3v) is 9.10. The lowest BCUT2D eigenvalue weighted by molar-refractivity contribution is -0.113. The van der Waals surface area contributed by atoms with Crippen molar-refractivity contribution in [3.8, 4) is 11.5 Å². The van der Waals surface area contributed by atoms with Crippen LogP contribution in [-0.4, -0.2) is 21.8 Å². The molecule has 210 valence electrons. The van der Waals surface area contributed by atoms with Gasteiger partial charge in [-0.2, -0.15) is 0 Å². The van der Waals surface area contributed by atoms with Crippen molar-refractivity contribution in [2.45, 2.75) is 79.1 Å². The molecule has 0 radical (unpaired) electrons. The average Bonchev–Trinajstić information content (AvgIpc) is 2.68. The molecule has 0 aromatic heterocycles. The van der Waals surface area contributed by atoms with Gasteiger partial charge in [-0.25, -0.2) is 4.57 Å². The molecule has 2 unspecified atom stereocenters. The summed E-state index contributed by atoms with van der Waals surface area (Å²) in [6, 6.07) is 7.48. The summed E-state index contributed by atoms with van der Waals surface area (Å²) in [5.41, 5.74) is 3.90. The Hall–Kier alpha value is -1.50. The second-order valence-electron chi connectivity index (χ2n) is 10.9. The topological polar surface area (TPSA) is 107 Å². The Labute approximate surface area is 235 Å². The van der Waals surface area contributed by atoms with Crippen LogP contribution in [0.2, 0.25) is 0 Å². The highest BCUT2D eigenvalue weighted by atomic mass is 33.1. The van der Waals surface area contributed by atoms with E-state index < -0.39 is 27.1 Å². The molecule has 7 nitrogen and oxygen atoms in total. The Morgan fingerprint density at radius 1 is 0.763 bits per heavy atom. The molecule has 2 aromatic carbocycles. The summed E-state index contributed by atoms with van der Waals surface area (Å²) < 4.78 is 34.1. The van der Waals surface area contributed by atoms with E-state index in [0.29, 0.717) is 17.1 Å². The van der Waals surface area contributed by atoms with Gasteiger partial charge in [0.15, 0.2) is 0 Å². The van der Waals surface area contributed by atoms with Crippen LogP contribution < -0.4 is 9.05 Å². The maximum Gasteiger partial charge on any atom is 0.365 e. The van der Waals surface area contributed by atoms with E-state index in [9.17, 15) is 23.6 Å². The number of benzene rings is 2. The summed E-state index contributed by atoms with van der Waals surface area (Å²) in [6.07, 6.45) is 0.264. The molecule has 0 spiro atoms. The Kier molecular flexibility index (Phi) is 11.4. The summed E-state index contributed by atoms with van der Waals surface area (Å²) in [5.74, 6) is 0.822. The van der Waals surface area contributed by atoms with Gasteiger partial charge in [0, 0.05) is 41.5 Å². The molecule has 0 amide bonds. The Morgan fingerprint density at radius 2 is 1.13 bits per heavy atom. The van der Waals surface area contributed by atoms with Crippen LogP contribution in [0.3, 0.4) is 0 Å². The van der Waals surface area contributed by atoms with E-state index in [4.69, 9.17) is 9.05 Å². The SMILES string of the molecule is Cc1cc(C)c(C(C)(C)CC(=O)SSC(=O)CC(C)(C)c2c(C)cc(C)cc2O[PH](=O)O)c(O[PH](C)=O)c1. The van der Waals surface area contributed by atoms with Crippen molar-refractivity contribution < 1.29 is 32.7 Å². The van der Waals surface area contributed by atoms with Crippen molar-refractivity contribution in [2.24, 2.45) is 0 Å². The van der Waals surface area contributed by atoms with Crippen LogP contribution in [0.4, 0.5) is 0 Å². The minimum Gasteiger partial charge on any atom is -0.445 e. The highest BCUT2D eigenvalue weighted by Crippen LogP contribution is 2.44. The van der Waals surface area contributed by atoms with E-state index in [0.717, 1.165) is 49.4 Å². The van der Waals surface area contributed by atoms with E-state index in [-0.39, 0.29) is 23.1 Å². The first-order valence-electron chi connectivity index (χ1n) is 12.2. The molecule has 0 aliphatic rings. The number of aryl methyl sites for hydroxylation is 4. The van der Waals surface area contributed by atoms with Gasteiger partial charge in [-0.3, -0.25) is 14.2 Å². The number of carbonyl (C=O) groups excluding carboxylic acids is 2. The van der Waals surface area contributed by atoms with Gasteiger partial charge in [-0.1, -0.05) is 39.8 Å². The van der Waals surface area contributed by atoms with E-state index >= 15 is 0 Å². The van der Waals surface area contributed by atoms with Gasteiger partial charge in [0.1, 0.15) is 11.5 Å². The van der Waals surface area contributed by atoms with Gasteiger partial charge < -0.3 is 13.9 Å². The molecule has 2 rings (SSSR count). The standard InChI is InChI=1S/C27H38O7P2S2/c1-16-10-18(3)24(20(12-16)33-35(9)30)26(5,6)14-22(28)37-38-23(29)15-27(7,8)25-19(4)11-17(2)13-21(25)34-36(31)32/h10-13,35-36H,14-15H2,1-9H3,(H,31,32). The minimum absolute atomic E-state index is 0.105. The zero-order valence-corrected chi connectivity index (χ0v) is 27.1. The first-order chi connectivity index (χ1) is 17.4. The predicted molar refractivity (Wildman–Crippen MR) is 160 cm³/mol. The molecule has 0 saturated carbocycles. The largest absolute Gasteiger partial charge is 0.445 e. The second kappa shape index (κ2) is 13.2. The van der Waals surface area contributed by atoms with Gasteiger partial charge in [0.25, 0.3) is 0 Å². The number of rotatable bonds is 10. The molecule has 38 heavy (non-hydrogen) atoms. The van der Waals surface area contributed by atoms with Crippen LogP contribution >= 0.6 is 37.9 Å². The second-order valence-corrected chi connectivity index (χ2v) is 15.1. The van der Waals surface area contributed by atoms with E-state index in [2.05, 4.69) is 0 Å². The summed E-state index contributed by atoms with van der Waals surface area (Å²) in [4.78, 5) is 35.3. The van der Waals surface area contributed by atoms with Crippen molar-refractivity contribution in [2.75, 3.05) is 6.66 Å². The molecule has 0 heterocycles. The number of hydrogen-bond acceptors (Lipinski definition) is 8. The molecule has 0 aliphatic carbocycles. The molecular formula is C27H38O7P2S2. The molecule has 1 N–H and O–H groups in total. The minimum atomic E-state index is -3.22. The fraction of sp³-hybridized carbons (Fsp3) is 0.481. The highest BCUT2D eigenvalue weighted by molar-refractivity contribution is 8.87. The quantitative estimate of drug-likeness (QED) is 0.217. The molecule has 2 atom stereocenters. The third-order valence-electron chi connectivity index (χ3n) is 6.09. The van der Waals surface area contributed by atoms with Crippen LogP contribution in [0.25, 0.3) is 0 Å². The van der Waals surface area contributed by atoms with Crippen LogP contribution in [0.1, 0.15) is 73.9 Å². The monoisotopic (exact) mass is 600 g/mol. The predicted octanol–water partition coefficient (Wildman–Crippen LogP) is 7.63. The molecule has 0 aliphatic heterocycles. The average molecular weight is 601 g/mol. The summed E-state index contributed by atoms with van der Waals surface area (Å²) in [5, 5.41) is -0.343. The fourth-order valence-corrected chi connectivity index (χ4v) is 7.81. The highest BCUT2D eigenvalue weighted by Gasteiger charge is 2.33. The number of hydrogen-bond donors (Lipinski definition) is 1. The van der Waals surface area contributed by atoms with Gasteiger partial charge in [0.05, 0.1) is 0 Å². The molecule has 11 heteroatoms. The van der Waals surface area contributed by atoms with Crippen molar-refractivity contribution >= 4 is 48.1 Å². The number of carbonyl (C=O) groups is 2. The zero-order valence-electron chi connectivity index (χ0n) is 23.4. The van der Waals surface area contributed by atoms with Gasteiger partial charge in [0.2, 0.25) is 18.3 Å². The van der Waals surface area contributed by atoms with Crippen LogP contribution in [0.5, 0.6) is 11.5 Å². The lowest BCUT2D eigenvalue weighted by Gasteiger charge is -2.29. The smallest absolute Gasteiger partial charge is 0.365 e. The lowest BCUT2D eigenvalue weighted by atomic mass is 9.78. The normalized spacial score (nSPS) is 13.6. The van der Waals surface area contributed by atoms with Crippen LogP contribution in [0.15, 0.2) is 24.3 Å². The summed E-state index contributed by atoms with van der Waals surface area (Å²) in [6.45, 7) is 16.8. The van der Waals surface area contributed by atoms with E-state index in [1.165, 1.54) is 6.66 Å². The molecule has 2 aromatic rings. The first-order valence-corrected chi connectivity index (χ1v) is 17.4. The zero-order chi connectivity index (χ0) is 29.0. The third kappa shape index (κ3) is 9.02. The van der Waals surface area contributed by atoms with Crippen molar-refractivity contribution in [1.82, 2.24) is 0 Å². The maximum atomic E-state index is 13.0. The Bertz CT molecular complexity index is 1180. The van der Waals surface area contributed by atoms with Crippen molar-refractivity contribution in [3.05, 3.63) is 57.6 Å². The molecule has 0 saturated heterocycles. The fourth-order valence-electron chi connectivity index (χ4n) is 5.05. The Balaban J connectivity index is 2.15. The maximum absolute atomic E-state index is 13.0. The van der Waals surface area contributed by atoms with Crippen LogP contribution in [0, 0.1) is 27.7 Å². The van der Waals surface area contributed by atoms with Gasteiger partial charge in [-0.15, -0.1) is 0 Å². The van der Waals surface area contributed by atoms with Crippen LogP contribution in [-0.2, 0) is 29.5 Å². The molecule has 0 bridgehead atoms. The molecular weight excluding hydrogens is 562 g/mol. The lowest BCUT2D eigenvalue weighted by Crippen LogP contribution is -2.23. The Morgan fingerprint density at radius 3 is 1.47 bits per heavy atom. The summed E-state index contributed by atoms with van der Waals surface area (Å²) >= 11 is 0. The summed E-state index contributed by atoms with van der Waals surface area (Å²) in [7, 11) is -3.65. The first kappa shape index (κ1) is 32.7. The van der Waals surface area contributed by atoms with E-state index in [1.807, 2.05) is 73.6 Å².